The zero-order valence-electron chi connectivity index (χ0n) is 14.0. The van der Waals surface area contributed by atoms with Crippen LogP contribution in [-0.2, 0) is 0 Å². The van der Waals surface area contributed by atoms with Crippen LogP contribution in [-0.4, -0.2) is 58.5 Å². The predicted molar refractivity (Wildman–Crippen MR) is 89.9 cm³/mol. The van der Waals surface area contributed by atoms with Gasteiger partial charge in [0.25, 0.3) is 5.91 Å². The molecule has 0 spiro atoms. The molecule has 142 valence electrons. The Morgan fingerprint density at radius 1 is 1.15 bits per heavy atom. The first-order valence-electron chi connectivity index (χ1n) is 8.00. The summed E-state index contributed by atoms with van der Waals surface area (Å²) in [4.78, 5) is 33.9. The Labute approximate surface area is 152 Å². The first kappa shape index (κ1) is 18.4. The van der Waals surface area contributed by atoms with E-state index >= 15 is 0 Å². The molecule has 0 aliphatic carbocycles. The summed E-state index contributed by atoms with van der Waals surface area (Å²) in [5.74, 6) is -0.247. The minimum Gasteiger partial charge on any atom is -0.434 e. The molecule has 1 fully saturated rings. The number of benzene rings is 1. The molecule has 0 radical (unpaired) electrons. The van der Waals surface area contributed by atoms with Gasteiger partial charge in [-0.05, 0) is 12.1 Å². The lowest BCUT2D eigenvalue weighted by Gasteiger charge is -2.34. The number of para-hydroxylation sites is 1. The largest absolute Gasteiger partial charge is 0.434 e. The highest BCUT2D eigenvalue weighted by atomic mass is 19.3. The molecule has 0 N–H and O–H groups in total. The molecule has 0 bridgehead atoms. The first-order valence-corrected chi connectivity index (χ1v) is 8.00. The Hall–Kier alpha value is -3.37. The van der Waals surface area contributed by atoms with Crippen LogP contribution in [0.4, 0.5) is 20.4 Å². The van der Waals surface area contributed by atoms with Gasteiger partial charge >= 0.3 is 12.3 Å². The average molecular weight is 379 g/mol. The van der Waals surface area contributed by atoms with Crippen molar-refractivity contribution in [1.82, 2.24) is 14.9 Å². The number of anilines is 1. The minimum absolute atomic E-state index is 0.0674. The molecule has 9 nitrogen and oxygen atoms in total. The van der Waals surface area contributed by atoms with E-state index in [2.05, 4.69) is 14.7 Å². The van der Waals surface area contributed by atoms with Crippen LogP contribution < -0.4 is 9.64 Å². The van der Waals surface area contributed by atoms with Crippen molar-refractivity contribution in [3.63, 3.8) is 0 Å². The minimum atomic E-state index is -3.02. The molecule has 1 amide bonds. The van der Waals surface area contributed by atoms with Crippen LogP contribution in [0.15, 0.2) is 36.7 Å². The second-order valence-corrected chi connectivity index (χ2v) is 5.65. The third-order valence-corrected chi connectivity index (χ3v) is 4.02. The number of hydrogen-bond donors (Lipinski definition) is 0. The van der Waals surface area contributed by atoms with Crippen LogP contribution in [0, 0.1) is 10.1 Å². The van der Waals surface area contributed by atoms with Crippen molar-refractivity contribution in [2.24, 2.45) is 0 Å². The van der Waals surface area contributed by atoms with Gasteiger partial charge in [-0.25, -0.2) is 9.97 Å². The van der Waals surface area contributed by atoms with Gasteiger partial charge in [0.05, 0.1) is 10.5 Å². The summed E-state index contributed by atoms with van der Waals surface area (Å²) < 4.78 is 29.4. The van der Waals surface area contributed by atoms with Crippen molar-refractivity contribution in [2.45, 2.75) is 6.61 Å². The number of nitrogens with zero attached hydrogens (tertiary/aromatic N) is 5. The molecule has 1 aliphatic rings. The highest BCUT2D eigenvalue weighted by Gasteiger charge is 2.26. The van der Waals surface area contributed by atoms with Crippen LogP contribution in [0.1, 0.15) is 10.4 Å². The number of halogens is 2. The van der Waals surface area contributed by atoms with E-state index in [4.69, 9.17) is 0 Å². The summed E-state index contributed by atoms with van der Waals surface area (Å²) in [6, 6.07) is 5.84. The molecule has 2 heterocycles. The maximum absolute atomic E-state index is 12.6. The van der Waals surface area contributed by atoms with Crippen molar-refractivity contribution in [2.75, 3.05) is 31.1 Å². The SMILES string of the molecule is O=C(c1ccccc1OC(F)F)N1CCN(c2ncc([N+](=O)[O-])cn2)CC1. The van der Waals surface area contributed by atoms with Crippen molar-refractivity contribution < 1.29 is 23.2 Å². The van der Waals surface area contributed by atoms with E-state index in [1.807, 2.05) is 0 Å². The van der Waals surface area contributed by atoms with E-state index in [-0.39, 0.29) is 17.0 Å². The molecule has 0 atom stereocenters. The van der Waals surface area contributed by atoms with Crippen LogP contribution in [0.3, 0.4) is 0 Å². The van der Waals surface area contributed by atoms with Gasteiger partial charge < -0.3 is 14.5 Å². The number of carbonyl (C=O) groups is 1. The van der Waals surface area contributed by atoms with Crippen molar-refractivity contribution in [1.29, 1.82) is 0 Å². The number of alkyl halides is 2. The van der Waals surface area contributed by atoms with Crippen molar-refractivity contribution in [3.05, 3.63) is 52.3 Å². The number of carbonyl (C=O) groups excluding carboxylic acids is 1. The third kappa shape index (κ3) is 4.25. The third-order valence-electron chi connectivity index (χ3n) is 4.02. The van der Waals surface area contributed by atoms with Gasteiger partial charge in [0.15, 0.2) is 0 Å². The van der Waals surface area contributed by atoms with Crippen LogP contribution >= 0.6 is 0 Å². The lowest BCUT2D eigenvalue weighted by molar-refractivity contribution is -0.385. The van der Waals surface area contributed by atoms with E-state index in [0.717, 1.165) is 12.4 Å². The van der Waals surface area contributed by atoms with Gasteiger partial charge in [-0.3, -0.25) is 14.9 Å². The standard InChI is InChI=1S/C16H15F2N5O4/c17-15(18)27-13-4-2-1-3-12(13)14(24)21-5-7-22(8-6-21)16-19-9-11(10-20-16)23(25)26/h1-4,9-10,15H,5-8H2. The zero-order chi connectivity index (χ0) is 19.4. The fourth-order valence-corrected chi connectivity index (χ4v) is 2.69. The molecule has 0 unspecified atom stereocenters. The molecular formula is C16H15F2N5O4. The molecule has 1 aliphatic heterocycles. The number of hydrogen-bond acceptors (Lipinski definition) is 7. The Bertz CT molecular complexity index is 826. The number of piperazine rings is 1. The number of rotatable bonds is 5. The molecule has 1 aromatic carbocycles. The summed E-state index contributed by atoms with van der Waals surface area (Å²) >= 11 is 0. The Morgan fingerprint density at radius 2 is 1.78 bits per heavy atom. The number of aromatic nitrogens is 2. The monoisotopic (exact) mass is 379 g/mol. The molecule has 11 heteroatoms. The highest BCUT2D eigenvalue weighted by Crippen LogP contribution is 2.23. The Balaban J connectivity index is 1.65. The van der Waals surface area contributed by atoms with Crippen LogP contribution in [0.5, 0.6) is 5.75 Å². The Kier molecular flexibility index (Phi) is 5.38. The second kappa shape index (κ2) is 7.89. The lowest BCUT2D eigenvalue weighted by Crippen LogP contribution is -2.49. The van der Waals surface area contributed by atoms with E-state index in [1.165, 1.54) is 23.1 Å². The predicted octanol–water partition coefficient (Wildman–Crippen LogP) is 1.95. The van der Waals surface area contributed by atoms with Crippen LogP contribution in [0.25, 0.3) is 0 Å². The van der Waals surface area contributed by atoms with Gasteiger partial charge in [-0.1, -0.05) is 12.1 Å². The Morgan fingerprint density at radius 3 is 2.37 bits per heavy atom. The number of ether oxygens (including phenoxy) is 1. The van der Waals surface area contributed by atoms with Crippen LogP contribution in [0.2, 0.25) is 0 Å². The van der Waals surface area contributed by atoms with E-state index in [1.54, 1.807) is 11.0 Å². The lowest BCUT2D eigenvalue weighted by atomic mass is 10.1. The normalized spacial score (nSPS) is 14.3. The van der Waals surface area contributed by atoms with E-state index in [9.17, 15) is 23.7 Å². The second-order valence-electron chi connectivity index (χ2n) is 5.65. The topological polar surface area (TPSA) is 102 Å². The van der Waals surface area contributed by atoms with E-state index in [0.29, 0.717) is 32.1 Å². The molecular weight excluding hydrogens is 364 g/mol. The smallest absolute Gasteiger partial charge is 0.387 e. The summed E-state index contributed by atoms with van der Waals surface area (Å²) in [5, 5.41) is 10.6. The summed E-state index contributed by atoms with van der Waals surface area (Å²) in [5.41, 5.74) is -0.138. The maximum Gasteiger partial charge on any atom is 0.387 e. The molecule has 1 aromatic heterocycles. The molecule has 1 saturated heterocycles. The van der Waals surface area contributed by atoms with Crippen molar-refractivity contribution in [3.8, 4) is 5.75 Å². The fourth-order valence-electron chi connectivity index (χ4n) is 2.69. The molecule has 27 heavy (non-hydrogen) atoms. The van der Waals surface area contributed by atoms with Gasteiger partial charge in [0.2, 0.25) is 5.95 Å². The molecule has 3 rings (SSSR count). The summed E-state index contributed by atoms with van der Waals surface area (Å²) in [6.07, 6.45) is 2.25. The van der Waals surface area contributed by atoms with Gasteiger partial charge in [0, 0.05) is 26.2 Å². The van der Waals surface area contributed by atoms with Gasteiger partial charge in [-0.15, -0.1) is 0 Å². The van der Waals surface area contributed by atoms with E-state index < -0.39 is 17.4 Å². The zero-order valence-corrected chi connectivity index (χ0v) is 14.0. The van der Waals surface area contributed by atoms with Gasteiger partial charge in [0.1, 0.15) is 18.1 Å². The maximum atomic E-state index is 12.6. The summed E-state index contributed by atoms with van der Waals surface area (Å²) in [6.45, 7) is -1.57. The highest BCUT2D eigenvalue weighted by molar-refractivity contribution is 5.97. The fraction of sp³-hybridized carbons (Fsp3) is 0.312. The first-order chi connectivity index (χ1) is 13.0. The summed E-state index contributed by atoms with van der Waals surface area (Å²) in [7, 11) is 0. The number of amides is 1. The molecule has 0 saturated carbocycles. The average Bonchev–Trinajstić information content (AvgIpc) is 2.68. The quantitative estimate of drug-likeness (QED) is 0.578. The number of nitro groups is 1. The van der Waals surface area contributed by atoms with Gasteiger partial charge in [-0.2, -0.15) is 8.78 Å². The van der Waals surface area contributed by atoms with Crippen molar-refractivity contribution >= 4 is 17.5 Å². The molecule has 2 aromatic rings.